The summed E-state index contributed by atoms with van der Waals surface area (Å²) in [6.07, 6.45) is 0. The van der Waals surface area contributed by atoms with Crippen molar-refractivity contribution in [2.75, 3.05) is 7.05 Å². The Labute approximate surface area is 105 Å². The number of para-hydroxylation sites is 1. The largest absolute Gasteiger partial charge is 0.508 e. The normalized spacial score (nSPS) is 17.9. The first-order chi connectivity index (χ1) is 8.70. The van der Waals surface area contributed by atoms with Crippen LogP contribution in [0.2, 0.25) is 0 Å². The fourth-order valence-electron chi connectivity index (χ4n) is 2.54. The lowest BCUT2D eigenvalue weighted by Gasteiger charge is -2.21. The summed E-state index contributed by atoms with van der Waals surface area (Å²) in [7, 11) is 1.76. The summed E-state index contributed by atoms with van der Waals surface area (Å²) in [6, 6.07) is 14.5. The summed E-state index contributed by atoms with van der Waals surface area (Å²) in [6.45, 7) is 0. The van der Waals surface area contributed by atoms with E-state index in [2.05, 4.69) is 0 Å². The van der Waals surface area contributed by atoms with Crippen molar-refractivity contribution in [3.63, 3.8) is 0 Å². The van der Waals surface area contributed by atoms with Crippen molar-refractivity contribution in [2.24, 2.45) is 0 Å². The fraction of sp³-hybridized carbons (Fsp3) is 0.133. The molecular formula is C15H13NO2. The average Bonchev–Trinajstić information content (AvgIpc) is 2.64. The van der Waals surface area contributed by atoms with Crippen LogP contribution in [-0.2, 0) is 0 Å². The van der Waals surface area contributed by atoms with Crippen LogP contribution in [0.5, 0.6) is 5.75 Å². The number of fused-ring (bicyclic) bond motifs is 1. The molecule has 18 heavy (non-hydrogen) atoms. The first-order valence-electron chi connectivity index (χ1n) is 5.84. The van der Waals surface area contributed by atoms with E-state index in [0.29, 0.717) is 5.56 Å². The van der Waals surface area contributed by atoms with Gasteiger partial charge in [0.05, 0.1) is 6.04 Å². The van der Waals surface area contributed by atoms with E-state index < -0.39 is 0 Å². The number of phenolic OH excluding ortho intramolecular Hbond substituents is 1. The molecule has 2 aromatic rings. The monoisotopic (exact) mass is 239 g/mol. The van der Waals surface area contributed by atoms with Gasteiger partial charge in [0.2, 0.25) is 0 Å². The number of phenols is 1. The maximum atomic E-state index is 12.1. The number of benzene rings is 2. The van der Waals surface area contributed by atoms with Gasteiger partial charge in [-0.2, -0.15) is 0 Å². The molecule has 2 aromatic carbocycles. The van der Waals surface area contributed by atoms with Crippen LogP contribution in [-0.4, -0.2) is 23.0 Å². The van der Waals surface area contributed by atoms with E-state index in [1.165, 1.54) is 0 Å². The summed E-state index contributed by atoms with van der Waals surface area (Å²) >= 11 is 0. The van der Waals surface area contributed by atoms with E-state index in [1.54, 1.807) is 24.1 Å². The minimum absolute atomic E-state index is 0.00106. The highest BCUT2D eigenvalue weighted by molar-refractivity contribution is 5.99. The zero-order chi connectivity index (χ0) is 12.7. The highest BCUT2D eigenvalue weighted by Gasteiger charge is 2.35. The van der Waals surface area contributed by atoms with Crippen molar-refractivity contribution in [1.82, 2.24) is 4.90 Å². The minimum atomic E-state index is -0.199. The van der Waals surface area contributed by atoms with Crippen molar-refractivity contribution in [1.29, 1.82) is 0 Å². The van der Waals surface area contributed by atoms with Crippen molar-refractivity contribution in [2.45, 2.75) is 6.04 Å². The Morgan fingerprint density at radius 3 is 2.33 bits per heavy atom. The second-order valence-corrected chi connectivity index (χ2v) is 4.46. The van der Waals surface area contributed by atoms with E-state index in [0.717, 1.165) is 11.1 Å². The molecule has 1 atom stereocenters. The van der Waals surface area contributed by atoms with E-state index >= 15 is 0 Å². The Morgan fingerprint density at radius 1 is 1.00 bits per heavy atom. The molecule has 0 spiro atoms. The fourth-order valence-corrected chi connectivity index (χ4v) is 2.54. The number of hydrogen-bond donors (Lipinski definition) is 1. The summed E-state index contributed by atoms with van der Waals surface area (Å²) in [5.41, 5.74) is 2.43. The predicted molar refractivity (Wildman–Crippen MR) is 68.5 cm³/mol. The van der Waals surface area contributed by atoms with Gasteiger partial charge >= 0.3 is 0 Å². The maximum absolute atomic E-state index is 12.1. The third-order valence-electron chi connectivity index (χ3n) is 3.42. The van der Waals surface area contributed by atoms with Gasteiger partial charge in [-0.05, 0) is 17.7 Å². The Kier molecular flexibility index (Phi) is 2.33. The molecule has 1 amide bonds. The van der Waals surface area contributed by atoms with Gasteiger partial charge < -0.3 is 10.0 Å². The van der Waals surface area contributed by atoms with E-state index in [-0.39, 0.29) is 17.7 Å². The number of carbonyl (C=O) groups excluding carboxylic acids is 1. The van der Waals surface area contributed by atoms with Crippen LogP contribution < -0.4 is 0 Å². The van der Waals surface area contributed by atoms with E-state index in [1.807, 2.05) is 36.4 Å². The second kappa shape index (κ2) is 3.88. The minimum Gasteiger partial charge on any atom is -0.508 e. The SMILES string of the molecule is CN1C(=O)c2ccccc2[C@H]1c1ccccc1O. The molecule has 0 aliphatic carbocycles. The molecule has 0 unspecified atom stereocenters. The van der Waals surface area contributed by atoms with Gasteiger partial charge in [-0.1, -0.05) is 36.4 Å². The van der Waals surface area contributed by atoms with Crippen LogP contribution in [0.3, 0.4) is 0 Å². The lowest BCUT2D eigenvalue weighted by atomic mass is 9.97. The second-order valence-electron chi connectivity index (χ2n) is 4.46. The molecule has 1 N–H and O–H groups in total. The Balaban J connectivity index is 2.20. The third kappa shape index (κ3) is 1.40. The number of carbonyl (C=O) groups is 1. The van der Waals surface area contributed by atoms with Crippen molar-refractivity contribution < 1.29 is 9.90 Å². The van der Waals surface area contributed by atoms with Gasteiger partial charge in [0.25, 0.3) is 5.91 Å². The lowest BCUT2D eigenvalue weighted by molar-refractivity contribution is 0.0793. The molecule has 0 aromatic heterocycles. The highest BCUT2D eigenvalue weighted by atomic mass is 16.3. The Bertz CT molecular complexity index is 621. The molecule has 0 saturated carbocycles. The standard InChI is InChI=1S/C15H13NO2/c1-16-14(12-8-4-5-9-13(12)17)10-6-2-3-7-11(10)15(16)18/h2-9,14,17H,1H3/t14-/m0/s1. The van der Waals surface area contributed by atoms with Gasteiger partial charge in [0.15, 0.2) is 0 Å². The number of aromatic hydroxyl groups is 1. The van der Waals surface area contributed by atoms with Gasteiger partial charge in [-0.3, -0.25) is 4.79 Å². The van der Waals surface area contributed by atoms with Crippen LogP contribution in [0.4, 0.5) is 0 Å². The molecule has 3 rings (SSSR count). The zero-order valence-corrected chi connectivity index (χ0v) is 10.00. The predicted octanol–water partition coefficient (Wildman–Crippen LogP) is 2.57. The average molecular weight is 239 g/mol. The topological polar surface area (TPSA) is 40.5 Å². The first kappa shape index (κ1) is 10.8. The van der Waals surface area contributed by atoms with E-state index in [4.69, 9.17) is 0 Å². The van der Waals surface area contributed by atoms with Crippen LogP contribution >= 0.6 is 0 Å². The smallest absolute Gasteiger partial charge is 0.254 e. The lowest BCUT2D eigenvalue weighted by Crippen LogP contribution is -2.23. The molecule has 0 saturated heterocycles. The van der Waals surface area contributed by atoms with Gasteiger partial charge in [-0.25, -0.2) is 0 Å². The van der Waals surface area contributed by atoms with Crippen molar-refractivity contribution in [3.05, 3.63) is 65.2 Å². The Morgan fingerprint density at radius 2 is 1.61 bits per heavy atom. The molecule has 3 nitrogen and oxygen atoms in total. The summed E-state index contributed by atoms with van der Waals surface area (Å²) in [4.78, 5) is 13.8. The molecule has 1 heterocycles. The third-order valence-corrected chi connectivity index (χ3v) is 3.42. The summed E-state index contributed by atoms with van der Waals surface area (Å²) in [5.74, 6) is 0.220. The molecule has 1 aliphatic heterocycles. The van der Waals surface area contributed by atoms with Crippen molar-refractivity contribution >= 4 is 5.91 Å². The number of nitrogens with zero attached hydrogens (tertiary/aromatic N) is 1. The maximum Gasteiger partial charge on any atom is 0.254 e. The van der Waals surface area contributed by atoms with Gasteiger partial charge in [0.1, 0.15) is 5.75 Å². The molecule has 0 bridgehead atoms. The molecule has 0 fully saturated rings. The first-order valence-corrected chi connectivity index (χ1v) is 5.84. The number of hydrogen-bond acceptors (Lipinski definition) is 2. The molecule has 1 aliphatic rings. The highest BCUT2D eigenvalue weighted by Crippen LogP contribution is 2.40. The Hall–Kier alpha value is -2.29. The van der Waals surface area contributed by atoms with Gasteiger partial charge in [0, 0.05) is 18.2 Å². The molecule has 0 radical (unpaired) electrons. The van der Waals surface area contributed by atoms with E-state index in [9.17, 15) is 9.90 Å². The molecule has 90 valence electrons. The summed E-state index contributed by atoms with van der Waals surface area (Å²) in [5, 5.41) is 9.96. The molecule has 3 heteroatoms. The van der Waals surface area contributed by atoms with Crippen LogP contribution in [0, 0.1) is 0 Å². The number of amides is 1. The summed E-state index contributed by atoms with van der Waals surface area (Å²) < 4.78 is 0. The van der Waals surface area contributed by atoms with Gasteiger partial charge in [-0.15, -0.1) is 0 Å². The van der Waals surface area contributed by atoms with Crippen LogP contribution in [0.15, 0.2) is 48.5 Å². The quantitative estimate of drug-likeness (QED) is 0.830. The van der Waals surface area contributed by atoms with Crippen molar-refractivity contribution in [3.8, 4) is 5.75 Å². The van der Waals surface area contributed by atoms with Crippen LogP contribution in [0.1, 0.15) is 27.5 Å². The van der Waals surface area contributed by atoms with Crippen LogP contribution in [0.25, 0.3) is 0 Å². The molecular weight excluding hydrogens is 226 g/mol. The number of rotatable bonds is 1. The zero-order valence-electron chi connectivity index (χ0n) is 10.00.